The predicted molar refractivity (Wildman–Crippen MR) is 90.1 cm³/mol. The summed E-state index contributed by atoms with van der Waals surface area (Å²) in [7, 11) is 4.14. The van der Waals surface area contributed by atoms with Crippen molar-refractivity contribution in [1.29, 1.82) is 0 Å². The minimum atomic E-state index is -0.776. The van der Waals surface area contributed by atoms with Crippen LogP contribution in [0.15, 0.2) is 18.3 Å². The van der Waals surface area contributed by atoms with E-state index in [9.17, 15) is 5.11 Å². The highest BCUT2D eigenvalue weighted by Gasteiger charge is 2.38. The lowest BCUT2D eigenvalue weighted by Crippen LogP contribution is -2.41. The zero-order chi connectivity index (χ0) is 14.6. The number of hydrogen-bond donors (Lipinski definition) is 1. The van der Waals surface area contributed by atoms with Crippen molar-refractivity contribution in [2.75, 3.05) is 20.6 Å². The van der Waals surface area contributed by atoms with E-state index in [0.717, 1.165) is 31.4 Å². The molecule has 1 aliphatic rings. The molecule has 1 N–H and O–H groups in total. The molecule has 3 nitrogen and oxygen atoms in total. The first-order valence-electron chi connectivity index (χ1n) is 7.51. The molecule has 0 saturated heterocycles. The van der Waals surface area contributed by atoms with Crippen LogP contribution in [0.3, 0.4) is 0 Å². The number of hydrogen-bond acceptors (Lipinski definition) is 3. The van der Waals surface area contributed by atoms with E-state index in [-0.39, 0.29) is 18.3 Å². The first kappa shape index (κ1) is 18.7. The second-order valence-corrected chi connectivity index (χ2v) is 6.59. The van der Waals surface area contributed by atoms with Crippen molar-refractivity contribution < 1.29 is 5.11 Å². The monoisotopic (exact) mass is 332 g/mol. The Balaban J connectivity index is 0.00000220. The minimum Gasteiger partial charge on any atom is -0.385 e. The third-order valence-electron chi connectivity index (χ3n) is 4.35. The maximum atomic E-state index is 11.3. The van der Waals surface area contributed by atoms with E-state index in [1.54, 1.807) is 12.3 Å². The van der Waals surface area contributed by atoms with E-state index >= 15 is 0 Å². The Morgan fingerprint density at radius 3 is 2.62 bits per heavy atom. The van der Waals surface area contributed by atoms with Gasteiger partial charge in [0, 0.05) is 24.2 Å². The van der Waals surface area contributed by atoms with E-state index in [4.69, 9.17) is 11.6 Å². The molecule has 0 radical (unpaired) electrons. The van der Waals surface area contributed by atoms with E-state index in [2.05, 4.69) is 24.0 Å². The van der Waals surface area contributed by atoms with Crippen molar-refractivity contribution in [2.24, 2.45) is 5.92 Å². The molecule has 1 aromatic heterocycles. The number of pyridine rings is 1. The Hall–Kier alpha value is -0.350. The molecule has 0 spiro atoms. The average molecular weight is 333 g/mol. The zero-order valence-electron chi connectivity index (χ0n) is 12.9. The zero-order valence-corrected chi connectivity index (χ0v) is 14.5. The summed E-state index contributed by atoms with van der Waals surface area (Å²) < 4.78 is 0. The molecule has 5 heteroatoms. The predicted octanol–water partition coefficient (Wildman–Crippen LogP) is 3.88. The first-order chi connectivity index (χ1) is 9.52. The maximum Gasteiger partial charge on any atom is 0.129 e. The van der Waals surface area contributed by atoms with Crippen LogP contribution in [-0.4, -0.2) is 35.6 Å². The summed E-state index contributed by atoms with van der Waals surface area (Å²) >= 11 is 5.87. The van der Waals surface area contributed by atoms with Crippen LogP contribution in [0, 0.1) is 5.92 Å². The van der Waals surface area contributed by atoms with Gasteiger partial charge < -0.3 is 10.0 Å². The van der Waals surface area contributed by atoms with Crippen molar-refractivity contribution >= 4 is 24.0 Å². The molecule has 1 heterocycles. The molecule has 1 fully saturated rings. The molecule has 2 rings (SSSR count). The van der Waals surface area contributed by atoms with Gasteiger partial charge >= 0.3 is 0 Å². The lowest BCUT2D eigenvalue weighted by Gasteiger charge is -2.39. The van der Waals surface area contributed by atoms with Crippen LogP contribution >= 0.6 is 24.0 Å². The van der Waals surface area contributed by atoms with E-state index in [1.165, 1.54) is 19.3 Å². The van der Waals surface area contributed by atoms with Gasteiger partial charge in [-0.05, 0) is 33.0 Å². The SMILES string of the molecule is CN(C)CC1CCCCCCC1(O)c1ccc(Cl)nc1.Cl. The normalized spacial score (nSPS) is 26.8. The van der Waals surface area contributed by atoms with Crippen molar-refractivity contribution in [2.45, 2.75) is 44.1 Å². The third kappa shape index (κ3) is 4.82. The lowest BCUT2D eigenvalue weighted by atomic mass is 9.74. The number of aromatic nitrogens is 1. The van der Waals surface area contributed by atoms with Gasteiger partial charge in [-0.3, -0.25) is 0 Å². The van der Waals surface area contributed by atoms with Crippen LogP contribution in [0.1, 0.15) is 44.1 Å². The van der Waals surface area contributed by atoms with Gasteiger partial charge in [-0.25, -0.2) is 4.98 Å². The molecular formula is C16H26Cl2N2O. The molecule has 1 aliphatic carbocycles. The summed E-state index contributed by atoms with van der Waals surface area (Å²) in [5.74, 6) is 0.251. The Labute approximate surface area is 139 Å². The smallest absolute Gasteiger partial charge is 0.129 e. The van der Waals surface area contributed by atoms with Gasteiger partial charge in [-0.1, -0.05) is 43.4 Å². The van der Waals surface area contributed by atoms with Gasteiger partial charge in [0.1, 0.15) is 5.15 Å². The van der Waals surface area contributed by atoms with Crippen molar-refractivity contribution in [3.8, 4) is 0 Å². The summed E-state index contributed by atoms with van der Waals surface area (Å²) in [5, 5.41) is 11.8. The number of nitrogens with zero attached hydrogens (tertiary/aromatic N) is 2. The third-order valence-corrected chi connectivity index (χ3v) is 4.57. The van der Waals surface area contributed by atoms with Crippen LogP contribution < -0.4 is 0 Å². The van der Waals surface area contributed by atoms with Crippen molar-refractivity contribution in [1.82, 2.24) is 9.88 Å². The topological polar surface area (TPSA) is 36.4 Å². The van der Waals surface area contributed by atoms with Gasteiger partial charge in [0.2, 0.25) is 0 Å². The molecule has 21 heavy (non-hydrogen) atoms. The highest BCUT2D eigenvalue weighted by molar-refractivity contribution is 6.29. The molecule has 0 bridgehead atoms. The van der Waals surface area contributed by atoms with Crippen molar-refractivity contribution in [3.63, 3.8) is 0 Å². The Morgan fingerprint density at radius 2 is 2.00 bits per heavy atom. The summed E-state index contributed by atoms with van der Waals surface area (Å²) in [5.41, 5.74) is 0.137. The molecule has 0 aromatic carbocycles. The fourth-order valence-corrected chi connectivity index (χ4v) is 3.39. The molecular weight excluding hydrogens is 307 g/mol. The quantitative estimate of drug-likeness (QED) is 0.853. The second kappa shape index (κ2) is 8.33. The first-order valence-corrected chi connectivity index (χ1v) is 7.89. The molecule has 1 saturated carbocycles. The summed E-state index contributed by atoms with van der Waals surface area (Å²) in [4.78, 5) is 6.33. The Bertz CT molecular complexity index is 425. The van der Waals surface area contributed by atoms with Crippen molar-refractivity contribution in [3.05, 3.63) is 29.0 Å². The summed E-state index contributed by atoms with van der Waals surface area (Å²) in [6.07, 6.45) is 8.38. The van der Waals surface area contributed by atoms with E-state index < -0.39 is 5.60 Å². The van der Waals surface area contributed by atoms with Gasteiger partial charge in [0.05, 0.1) is 5.60 Å². The van der Waals surface area contributed by atoms with Gasteiger partial charge in [-0.15, -0.1) is 12.4 Å². The van der Waals surface area contributed by atoms with Crippen LogP contribution in [0.25, 0.3) is 0 Å². The fourth-order valence-electron chi connectivity index (χ4n) is 3.28. The van der Waals surface area contributed by atoms with E-state index in [1.807, 2.05) is 6.07 Å². The summed E-state index contributed by atoms with van der Waals surface area (Å²) in [6.45, 7) is 0.902. The number of halogens is 2. The van der Waals surface area contributed by atoms with Crippen LogP contribution in [0.5, 0.6) is 0 Å². The number of rotatable bonds is 3. The maximum absolute atomic E-state index is 11.3. The fraction of sp³-hybridized carbons (Fsp3) is 0.688. The molecule has 1 aromatic rings. The lowest BCUT2D eigenvalue weighted by molar-refractivity contribution is -0.0505. The average Bonchev–Trinajstić information content (AvgIpc) is 2.39. The highest BCUT2D eigenvalue weighted by atomic mass is 35.5. The Kier molecular flexibility index (Phi) is 7.41. The second-order valence-electron chi connectivity index (χ2n) is 6.21. The highest BCUT2D eigenvalue weighted by Crippen LogP contribution is 2.40. The molecule has 0 aliphatic heterocycles. The largest absolute Gasteiger partial charge is 0.385 e. The van der Waals surface area contributed by atoms with Gasteiger partial charge in [0.25, 0.3) is 0 Å². The van der Waals surface area contributed by atoms with Gasteiger partial charge in [-0.2, -0.15) is 0 Å². The number of aliphatic hydroxyl groups is 1. The molecule has 2 atom stereocenters. The van der Waals surface area contributed by atoms with Gasteiger partial charge in [0.15, 0.2) is 0 Å². The Morgan fingerprint density at radius 1 is 1.29 bits per heavy atom. The molecule has 120 valence electrons. The van der Waals surface area contributed by atoms with Crippen LogP contribution in [-0.2, 0) is 5.60 Å². The van der Waals surface area contributed by atoms with E-state index in [0.29, 0.717) is 5.15 Å². The standard InChI is InChI=1S/C16H25ClN2O.ClH/c1-19(2)12-14-7-5-3-4-6-10-16(14,20)13-8-9-15(17)18-11-13;/h8-9,11,14,20H,3-7,10,12H2,1-2H3;1H. The molecule has 0 amide bonds. The van der Waals surface area contributed by atoms with Crippen LogP contribution in [0.2, 0.25) is 5.15 Å². The minimum absolute atomic E-state index is 0. The van der Waals surface area contributed by atoms with Crippen LogP contribution in [0.4, 0.5) is 0 Å². The summed E-state index contributed by atoms with van der Waals surface area (Å²) in [6, 6.07) is 3.71. The molecule has 2 unspecified atom stereocenters.